The number of nitrogens with zero attached hydrogens (tertiary/aromatic N) is 6. The predicted octanol–water partition coefficient (Wildman–Crippen LogP) is 4.01. The van der Waals surface area contributed by atoms with E-state index < -0.39 is 0 Å². The summed E-state index contributed by atoms with van der Waals surface area (Å²) in [4.78, 5) is 22.2. The fourth-order valence-corrected chi connectivity index (χ4v) is 3.45. The van der Waals surface area contributed by atoms with Crippen molar-refractivity contribution in [3.63, 3.8) is 0 Å². The highest BCUT2D eigenvalue weighted by Crippen LogP contribution is 2.24. The van der Waals surface area contributed by atoms with E-state index in [1.807, 2.05) is 47.0 Å². The van der Waals surface area contributed by atoms with Gasteiger partial charge in [-0.25, -0.2) is 15.0 Å². The first kappa shape index (κ1) is 20.4. The van der Waals surface area contributed by atoms with Crippen molar-refractivity contribution in [2.24, 2.45) is 0 Å². The van der Waals surface area contributed by atoms with Gasteiger partial charge in [0.15, 0.2) is 17.0 Å². The highest BCUT2D eigenvalue weighted by molar-refractivity contribution is 5.85. The molecule has 0 spiro atoms. The zero-order valence-corrected chi connectivity index (χ0v) is 18.0. The van der Waals surface area contributed by atoms with Gasteiger partial charge in [0.2, 0.25) is 5.95 Å². The van der Waals surface area contributed by atoms with Crippen LogP contribution >= 0.6 is 0 Å². The lowest BCUT2D eigenvalue weighted by molar-refractivity contribution is 0.414. The Labute approximate surface area is 190 Å². The standard InChI is InChI=1S/C24H22N8O/c1-33-19-9-7-17(8-10-19)11-14-26-22-21-23(32(16-28-21)18-5-3-2-4-6-18)31-24(30-22)29-20-12-13-25-15-27-20/h2-10,12-13,15-16H,11,14H2,1H3,(H2,25,26,27,29,30,31). The van der Waals surface area contributed by atoms with E-state index in [0.717, 1.165) is 17.9 Å². The molecule has 164 valence electrons. The van der Waals surface area contributed by atoms with Crippen molar-refractivity contribution in [2.75, 3.05) is 24.3 Å². The number of ether oxygens (including phenoxy) is 1. The summed E-state index contributed by atoms with van der Waals surface area (Å²) in [7, 11) is 1.67. The quantitative estimate of drug-likeness (QED) is 0.375. The third-order valence-electron chi connectivity index (χ3n) is 5.12. The van der Waals surface area contributed by atoms with Crippen LogP contribution in [0.5, 0.6) is 5.75 Å². The molecular formula is C24H22N8O. The van der Waals surface area contributed by atoms with E-state index in [-0.39, 0.29) is 0 Å². The Bertz CT molecular complexity index is 1340. The van der Waals surface area contributed by atoms with Crippen molar-refractivity contribution in [3.8, 4) is 11.4 Å². The zero-order valence-electron chi connectivity index (χ0n) is 18.0. The summed E-state index contributed by atoms with van der Waals surface area (Å²) in [5.74, 6) is 2.53. The van der Waals surface area contributed by atoms with E-state index in [1.54, 1.807) is 25.7 Å². The van der Waals surface area contributed by atoms with Crippen molar-refractivity contribution < 1.29 is 4.74 Å². The van der Waals surface area contributed by atoms with Gasteiger partial charge in [-0.15, -0.1) is 0 Å². The van der Waals surface area contributed by atoms with E-state index >= 15 is 0 Å². The van der Waals surface area contributed by atoms with Gasteiger partial charge in [-0.05, 0) is 42.3 Å². The van der Waals surface area contributed by atoms with E-state index in [2.05, 4.69) is 42.7 Å². The number of rotatable bonds is 8. The predicted molar refractivity (Wildman–Crippen MR) is 127 cm³/mol. The minimum Gasteiger partial charge on any atom is -0.497 e. The van der Waals surface area contributed by atoms with Gasteiger partial charge in [0.05, 0.1) is 7.11 Å². The number of imidazole rings is 1. The molecule has 0 radical (unpaired) electrons. The minimum absolute atomic E-state index is 0.422. The Kier molecular flexibility index (Phi) is 5.75. The van der Waals surface area contributed by atoms with E-state index in [0.29, 0.717) is 35.3 Å². The van der Waals surface area contributed by atoms with Gasteiger partial charge in [0.25, 0.3) is 0 Å². The second kappa shape index (κ2) is 9.31. The molecule has 0 amide bonds. The molecule has 0 saturated carbocycles. The molecule has 0 aliphatic rings. The molecule has 5 rings (SSSR count). The van der Waals surface area contributed by atoms with Gasteiger partial charge in [-0.1, -0.05) is 30.3 Å². The molecule has 0 fully saturated rings. The van der Waals surface area contributed by atoms with Crippen LogP contribution in [0.15, 0.2) is 79.5 Å². The Morgan fingerprint density at radius 1 is 0.939 bits per heavy atom. The Hall–Kier alpha value is -4.53. The average Bonchev–Trinajstić information content (AvgIpc) is 3.30. The molecule has 0 aliphatic carbocycles. The molecule has 0 aliphatic heterocycles. The van der Waals surface area contributed by atoms with Crippen LogP contribution in [0, 0.1) is 0 Å². The number of anilines is 3. The normalized spacial score (nSPS) is 10.8. The van der Waals surface area contributed by atoms with Crippen LogP contribution < -0.4 is 15.4 Å². The molecule has 2 N–H and O–H groups in total. The van der Waals surface area contributed by atoms with Crippen LogP contribution in [0.25, 0.3) is 16.9 Å². The number of methoxy groups -OCH3 is 1. The van der Waals surface area contributed by atoms with Crippen molar-refractivity contribution >= 4 is 28.7 Å². The maximum Gasteiger partial charge on any atom is 0.232 e. The number of nitrogens with one attached hydrogen (secondary N) is 2. The molecule has 2 aromatic carbocycles. The van der Waals surface area contributed by atoms with Gasteiger partial charge < -0.3 is 15.4 Å². The summed E-state index contributed by atoms with van der Waals surface area (Å²) in [6, 6.07) is 19.8. The maximum absolute atomic E-state index is 5.23. The summed E-state index contributed by atoms with van der Waals surface area (Å²) >= 11 is 0. The topological polar surface area (TPSA) is 103 Å². The third kappa shape index (κ3) is 4.57. The Morgan fingerprint density at radius 2 is 1.79 bits per heavy atom. The smallest absolute Gasteiger partial charge is 0.232 e. The molecule has 0 bridgehead atoms. The van der Waals surface area contributed by atoms with Crippen molar-refractivity contribution in [1.82, 2.24) is 29.5 Å². The molecule has 5 aromatic rings. The first-order valence-corrected chi connectivity index (χ1v) is 10.5. The SMILES string of the molecule is COc1ccc(CCNc2nc(Nc3ccncn3)nc3c2ncn3-c2ccccc2)cc1. The van der Waals surface area contributed by atoms with Crippen LogP contribution in [0.4, 0.5) is 17.6 Å². The first-order chi connectivity index (χ1) is 16.3. The number of para-hydroxylation sites is 1. The lowest BCUT2D eigenvalue weighted by atomic mass is 10.1. The molecule has 9 nitrogen and oxygen atoms in total. The first-order valence-electron chi connectivity index (χ1n) is 10.5. The Balaban J connectivity index is 1.45. The number of hydrogen-bond donors (Lipinski definition) is 2. The lowest BCUT2D eigenvalue weighted by Crippen LogP contribution is -2.09. The van der Waals surface area contributed by atoms with E-state index in [1.165, 1.54) is 11.9 Å². The monoisotopic (exact) mass is 438 g/mol. The number of fused-ring (bicyclic) bond motifs is 1. The van der Waals surface area contributed by atoms with Crippen LogP contribution in [0.1, 0.15) is 5.56 Å². The van der Waals surface area contributed by atoms with Crippen molar-refractivity contribution in [2.45, 2.75) is 6.42 Å². The molecule has 3 aromatic heterocycles. The van der Waals surface area contributed by atoms with Crippen LogP contribution in [0.2, 0.25) is 0 Å². The lowest BCUT2D eigenvalue weighted by Gasteiger charge is -2.11. The number of hydrogen-bond acceptors (Lipinski definition) is 8. The summed E-state index contributed by atoms with van der Waals surface area (Å²) < 4.78 is 7.17. The number of aromatic nitrogens is 6. The summed E-state index contributed by atoms with van der Waals surface area (Å²) in [6.07, 6.45) is 5.72. The highest BCUT2D eigenvalue weighted by Gasteiger charge is 2.15. The van der Waals surface area contributed by atoms with Gasteiger partial charge in [0.1, 0.15) is 24.2 Å². The van der Waals surface area contributed by atoms with E-state index in [9.17, 15) is 0 Å². The average molecular weight is 438 g/mol. The third-order valence-corrected chi connectivity index (χ3v) is 5.12. The molecule has 33 heavy (non-hydrogen) atoms. The van der Waals surface area contributed by atoms with Crippen molar-refractivity contribution in [3.05, 3.63) is 85.1 Å². The van der Waals surface area contributed by atoms with Gasteiger partial charge in [0, 0.05) is 18.4 Å². The molecule has 0 saturated heterocycles. The number of benzene rings is 2. The highest BCUT2D eigenvalue weighted by atomic mass is 16.5. The summed E-state index contributed by atoms with van der Waals surface area (Å²) in [5.41, 5.74) is 3.56. The van der Waals surface area contributed by atoms with Gasteiger partial charge in [-0.2, -0.15) is 9.97 Å². The van der Waals surface area contributed by atoms with Gasteiger partial charge >= 0.3 is 0 Å². The van der Waals surface area contributed by atoms with E-state index in [4.69, 9.17) is 9.72 Å². The molecular weight excluding hydrogens is 416 g/mol. The second-order valence-electron chi connectivity index (χ2n) is 7.26. The van der Waals surface area contributed by atoms with Gasteiger partial charge in [-0.3, -0.25) is 4.57 Å². The molecule has 0 atom stereocenters. The Morgan fingerprint density at radius 3 is 2.55 bits per heavy atom. The molecule has 3 heterocycles. The largest absolute Gasteiger partial charge is 0.497 e. The second-order valence-corrected chi connectivity index (χ2v) is 7.26. The fourth-order valence-electron chi connectivity index (χ4n) is 3.45. The fraction of sp³-hybridized carbons (Fsp3) is 0.125. The van der Waals surface area contributed by atoms with Crippen molar-refractivity contribution in [1.29, 1.82) is 0 Å². The van der Waals surface area contributed by atoms with Crippen LogP contribution in [0.3, 0.4) is 0 Å². The minimum atomic E-state index is 0.422. The maximum atomic E-state index is 5.23. The molecule has 0 unspecified atom stereocenters. The molecule has 9 heteroatoms. The van der Waals surface area contributed by atoms with Crippen LogP contribution in [-0.2, 0) is 6.42 Å². The summed E-state index contributed by atoms with van der Waals surface area (Å²) in [5, 5.41) is 6.58. The van der Waals surface area contributed by atoms with Crippen LogP contribution in [-0.4, -0.2) is 43.1 Å². The zero-order chi connectivity index (χ0) is 22.5. The summed E-state index contributed by atoms with van der Waals surface area (Å²) in [6.45, 7) is 0.684.